The van der Waals surface area contributed by atoms with Crippen LogP contribution in [0.2, 0.25) is 5.02 Å². The zero-order valence-corrected chi connectivity index (χ0v) is 19.0. The van der Waals surface area contributed by atoms with Crippen molar-refractivity contribution in [2.24, 2.45) is 0 Å². The van der Waals surface area contributed by atoms with Gasteiger partial charge < -0.3 is 14.8 Å². The van der Waals surface area contributed by atoms with Gasteiger partial charge in [-0.05, 0) is 50.1 Å². The molecule has 30 heavy (non-hydrogen) atoms. The molecule has 3 aromatic rings. The molecule has 7 heteroatoms. The summed E-state index contributed by atoms with van der Waals surface area (Å²) in [6.45, 7) is 3.96. The maximum absolute atomic E-state index is 12.7. The molecule has 158 valence electrons. The number of piperidine rings is 1. The maximum atomic E-state index is 12.7. The van der Waals surface area contributed by atoms with Crippen LogP contribution in [0, 0.1) is 6.92 Å². The van der Waals surface area contributed by atoms with E-state index in [0.29, 0.717) is 12.5 Å². The topological polar surface area (TPSA) is 52.2 Å². The van der Waals surface area contributed by atoms with Gasteiger partial charge in [0.25, 0.3) is 0 Å². The zero-order valence-electron chi connectivity index (χ0n) is 17.4. The normalized spacial score (nSPS) is 15.0. The van der Waals surface area contributed by atoms with Crippen molar-refractivity contribution < 1.29 is 4.79 Å². The molecule has 1 saturated heterocycles. The average Bonchev–Trinajstić information content (AvgIpc) is 3.15. The number of H-pyrrole nitrogens is 1. The second-order valence-corrected chi connectivity index (χ2v) is 9.42. The summed E-state index contributed by atoms with van der Waals surface area (Å²) in [5, 5.41) is 2.94. The number of thioether (sulfide) groups is 1. The first-order valence-corrected chi connectivity index (χ1v) is 11.7. The number of halogens is 1. The number of benzene rings is 1. The van der Waals surface area contributed by atoms with Crippen molar-refractivity contribution in [3.8, 4) is 0 Å². The van der Waals surface area contributed by atoms with Gasteiger partial charge >= 0.3 is 0 Å². The summed E-state index contributed by atoms with van der Waals surface area (Å²) in [5.74, 6) is 0.985. The van der Waals surface area contributed by atoms with E-state index in [1.807, 2.05) is 43.3 Å². The molecule has 5 nitrogen and oxygen atoms in total. The van der Waals surface area contributed by atoms with Gasteiger partial charge in [-0.15, -0.1) is 11.8 Å². The van der Waals surface area contributed by atoms with Gasteiger partial charge in [-0.2, -0.15) is 0 Å². The standard InChI is InChI=1S/C23H27ClN4OS/c1-16-13-20(5-9-25-16)28-10-6-19(7-11-28)27(2)23(29)8-12-30-22-14-17-3-4-18(24)15-21(17)26-22/h3-5,9,13-15,19,26H,6-8,10-12H2,1-2H3. The van der Waals surface area contributed by atoms with Crippen LogP contribution in [0.15, 0.2) is 47.6 Å². The van der Waals surface area contributed by atoms with E-state index in [0.717, 1.165) is 58.3 Å². The van der Waals surface area contributed by atoms with E-state index in [1.165, 1.54) is 5.69 Å². The Morgan fingerprint density at radius 3 is 2.83 bits per heavy atom. The van der Waals surface area contributed by atoms with Gasteiger partial charge in [-0.3, -0.25) is 9.78 Å². The fraction of sp³-hybridized carbons (Fsp3) is 0.391. The lowest BCUT2D eigenvalue weighted by Gasteiger charge is -2.38. The van der Waals surface area contributed by atoms with Gasteiger partial charge in [0.05, 0.1) is 5.03 Å². The van der Waals surface area contributed by atoms with E-state index >= 15 is 0 Å². The van der Waals surface area contributed by atoms with Gasteiger partial charge in [0.2, 0.25) is 5.91 Å². The fourth-order valence-corrected chi connectivity index (χ4v) is 5.08. The van der Waals surface area contributed by atoms with E-state index in [-0.39, 0.29) is 5.91 Å². The average molecular weight is 443 g/mol. The number of aryl methyl sites for hydroxylation is 1. The molecule has 0 saturated carbocycles. The number of amides is 1. The molecule has 0 radical (unpaired) electrons. The van der Waals surface area contributed by atoms with Crippen molar-refractivity contribution in [1.29, 1.82) is 0 Å². The first kappa shape index (κ1) is 21.1. The minimum absolute atomic E-state index is 0.222. The van der Waals surface area contributed by atoms with Crippen LogP contribution in [0.3, 0.4) is 0 Å². The van der Waals surface area contributed by atoms with Gasteiger partial charge in [-0.1, -0.05) is 17.7 Å². The molecule has 0 unspecified atom stereocenters. The van der Waals surface area contributed by atoms with Crippen molar-refractivity contribution in [2.45, 2.75) is 37.3 Å². The summed E-state index contributed by atoms with van der Waals surface area (Å²) in [6, 6.07) is 12.5. The first-order chi connectivity index (χ1) is 14.5. The molecule has 1 aliphatic rings. The lowest BCUT2D eigenvalue weighted by atomic mass is 10.0. The number of nitrogens with zero attached hydrogens (tertiary/aromatic N) is 3. The quantitative estimate of drug-likeness (QED) is 0.537. The van der Waals surface area contributed by atoms with E-state index in [4.69, 9.17) is 11.6 Å². The summed E-state index contributed by atoms with van der Waals surface area (Å²) >= 11 is 7.73. The Hall–Kier alpha value is -2.18. The molecule has 1 N–H and O–H groups in total. The van der Waals surface area contributed by atoms with Crippen molar-refractivity contribution in [3.63, 3.8) is 0 Å². The third kappa shape index (κ3) is 4.93. The molecular weight excluding hydrogens is 416 g/mol. The van der Waals surface area contributed by atoms with Crippen molar-refractivity contribution in [2.75, 3.05) is 30.8 Å². The Bertz CT molecular complexity index is 1030. The lowest BCUT2D eigenvalue weighted by molar-refractivity contribution is -0.131. The SMILES string of the molecule is Cc1cc(N2CCC(N(C)C(=O)CCSc3cc4ccc(Cl)cc4[nH]3)CC2)ccn1. The van der Waals surface area contributed by atoms with Gasteiger partial charge in [0.1, 0.15) is 0 Å². The summed E-state index contributed by atoms with van der Waals surface area (Å²) in [5.41, 5.74) is 3.30. The predicted octanol–water partition coefficient (Wildman–Crippen LogP) is 5.13. The van der Waals surface area contributed by atoms with Gasteiger partial charge in [0, 0.05) is 71.9 Å². The Balaban J connectivity index is 1.24. The maximum Gasteiger partial charge on any atom is 0.223 e. The number of aromatic amines is 1. The van der Waals surface area contributed by atoms with Crippen LogP contribution in [-0.4, -0.2) is 52.7 Å². The highest BCUT2D eigenvalue weighted by Gasteiger charge is 2.25. The van der Waals surface area contributed by atoms with Crippen LogP contribution in [-0.2, 0) is 4.79 Å². The number of fused-ring (bicyclic) bond motifs is 1. The number of pyridine rings is 1. The smallest absolute Gasteiger partial charge is 0.223 e. The predicted molar refractivity (Wildman–Crippen MR) is 126 cm³/mol. The molecule has 4 rings (SSSR count). The molecule has 1 aromatic carbocycles. The molecule has 1 amide bonds. The first-order valence-electron chi connectivity index (χ1n) is 10.3. The summed E-state index contributed by atoms with van der Waals surface area (Å²) in [6.07, 6.45) is 4.41. The van der Waals surface area contributed by atoms with Crippen LogP contribution in [0.1, 0.15) is 25.0 Å². The Kier molecular flexibility index (Phi) is 6.54. The molecular formula is C23H27ClN4OS. The van der Waals surface area contributed by atoms with Crippen LogP contribution >= 0.6 is 23.4 Å². The number of aromatic nitrogens is 2. The number of anilines is 1. The Morgan fingerprint density at radius 2 is 2.07 bits per heavy atom. The van der Waals surface area contributed by atoms with Gasteiger partial charge in [0.15, 0.2) is 0 Å². The van der Waals surface area contributed by atoms with E-state index in [1.54, 1.807) is 11.8 Å². The third-order valence-electron chi connectivity index (χ3n) is 5.78. The highest BCUT2D eigenvalue weighted by Crippen LogP contribution is 2.27. The number of hydrogen-bond donors (Lipinski definition) is 1. The largest absolute Gasteiger partial charge is 0.371 e. The highest BCUT2D eigenvalue weighted by atomic mass is 35.5. The molecule has 0 bridgehead atoms. The number of carbonyl (C=O) groups excluding carboxylic acids is 1. The summed E-state index contributed by atoms with van der Waals surface area (Å²) in [4.78, 5) is 24.7. The molecule has 1 fully saturated rings. The van der Waals surface area contributed by atoms with Crippen molar-refractivity contribution in [1.82, 2.24) is 14.9 Å². The minimum Gasteiger partial charge on any atom is -0.371 e. The molecule has 2 aromatic heterocycles. The van der Waals surface area contributed by atoms with Crippen LogP contribution in [0.5, 0.6) is 0 Å². The molecule has 0 atom stereocenters. The number of rotatable bonds is 6. The monoisotopic (exact) mass is 442 g/mol. The zero-order chi connectivity index (χ0) is 21.1. The minimum atomic E-state index is 0.222. The van der Waals surface area contributed by atoms with E-state index < -0.39 is 0 Å². The van der Waals surface area contributed by atoms with Crippen molar-refractivity contribution >= 4 is 45.9 Å². The van der Waals surface area contributed by atoms with Crippen LogP contribution in [0.25, 0.3) is 10.9 Å². The second-order valence-electron chi connectivity index (χ2n) is 7.84. The second kappa shape index (κ2) is 9.31. The Morgan fingerprint density at radius 1 is 1.27 bits per heavy atom. The summed E-state index contributed by atoms with van der Waals surface area (Å²) in [7, 11) is 1.95. The molecule has 3 heterocycles. The highest BCUT2D eigenvalue weighted by molar-refractivity contribution is 7.99. The van der Waals surface area contributed by atoms with E-state index in [2.05, 4.69) is 33.1 Å². The van der Waals surface area contributed by atoms with E-state index in [9.17, 15) is 4.79 Å². The molecule has 0 spiro atoms. The van der Waals surface area contributed by atoms with Crippen molar-refractivity contribution in [3.05, 3.63) is 53.3 Å². The molecule has 0 aliphatic carbocycles. The third-order valence-corrected chi connectivity index (χ3v) is 6.96. The number of nitrogens with one attached hydrogen (secondary N) is 1. The lowest BCUT2D eigenvalue weighted by Crippen LogP contribution is -2.45. The van der Waals surface area contributed by atoms with Crippen LogP contribution < -0.4 is 4.90 Å². The number of carbonyl (C=O) groups is 1. The summed E-state index contributed by atoms with van der Waals surface area (Å²) < 4.78 is 0. The van der Waals surface area contributed by atoms with Crippen LogP contribution in [0.4, 0.5) is 5.69 Å². The number of hydrogen-bond acceptors (Lipinski definition) is 4. The Labute approximate surface area is 186 Å². The molecule has 1 aliphatic heterocycles. The fourth-order valence-electron chi connectivity index (χ4n) is 4.02. The van der Waals surface area contributed by atoms with Gasteiger partial charge in [-0.25, -0.2) is 0 Å².